The standard InChI is InChI=1S/C18H18O4S/c1-15(23(20,21)22-17-12-6-3-7-13-17)18(19)14-8-11-16-9-4-2-5-10-16/h2-7,9-10,12-13H,1,8,11,14H2. The van der Waals surface area contributed by atoms with Crippen LogP contribution >= 0.6 is 0 Å². The fraction of sp³-hybridized carbons (Fsp3) is 0.167. The zero-order valence-corrected chi connectivity index (χ0v) is 13.5. The molecule has 120 valence electrons. The van der Waals surface area contributed by atoms with E-state index in [0.29, 0.717) is 12.8 Å². The molecular weight excluding hydrogens is 312 g/mol. The molecule has 0 saturated heterocycles. The summed E-state index contributed by atoms with van der Waals surface area (Å²) < 4.78 is 29.0. The van der Waals surface area contributed by atoms with Gasteiger partial charge in [0.15, 0.2) is 5.78 Å². The van der Waals surface area contributed by atoms with Crippen LogP contribution in [-0.2, 0) is 21.3 Å². The minimum atomic E-state index is -4.15. The van der Waals surface area contributed by atoms with Gasteiger partial charge in [0.25, 0.3) is 0 Å². The maximum absolute atomic E-state index is 12.0. The van der Waals surface area contributed by atoms with Gasteiger partial charge in [0.2, 0.25) is 0 Å². The quantitative estimate of drug-likeness (QED) is 0.549. The number of hydrogen-bond acceptors (Lipinski definition) is 4. The number of carbonyl (C=O) groups is 1. The predicted molar refractivity (Wildman–Crippen MR) is 89.5 cm³/mol. The van der Waals surface area contributed by atoms with Crippen LogP contribution in [0.5, 0.6) is 5.75 Å². The molecule has 0 aliphatic rings. The highest BCUT2D eigenvalue weighted by Gasteiger charge is 2.24. The van der Waals surface area contributed by atoms with E-state index in [9.17, 15) is 13.2 Å². The number of para-hydroxylation sites is 1. The third-order valence-electron chi connectivity index (χ3n) is 3.27. The zero-order valence-electron chi connectivity index (χ0n) is 12.6. The monoisotopic (exact) mass is 330 g/mol. The lowest BCUT2D eigenvalue weighted by molar-refractivity contribution is -0.115. The van der Waals surface area contributed by atoms with Gasteiger partial charge in [0.1, 0.15) is 10.7 Å². The van der Waals surface area contributed by atoms with E-state index in [0.717, 1.165) is 5.56 Å². The maximum atomic E-state index is 12.0. The molecule has 0 N–H and O–H groups in total. The first-order valence-corrected chi connectivity index (χ1v) is 8.65. The highest BCUT2D eigenvalue weighted by Crippen LogP contribution is 2.18. The highest BCUT2D eigenvalue weighted by molar-refractivity contribution is 7.92. The summed E-state index contributed by atoms with van der Waals surface area (Å²) in [6.45, 7) is 3.39. The molecule has 0 aromatic heterocycles. The molecule has 23 heavy (non-hydrogen) atoms. The summed E-state index contributed by atoms with van der Waals surface area (Å²) in [6.07, 6.45) is 1.38. The van der Waals surface area contributed by atoms with E-state index in [-0.39, 0.29) is 12.2 Å². The lowest BCUT2D eigenvalue weighted by Crippen LogP contribution is -2.18. The van der Waals surface area contributed by atoms with Crippen LogP contribution in [0.4, 0.5) is 0 Å². The number of benzene rings is 2. The number of Topliss-reactive ketones (excluding diaryl/α,β-unsaturated/α-hetero) is 1. The zero-order chi connectivity index (χ0) is 16.7. The van der Waals surface area contributed by atoms with Crippen LogP contribution in [0.1, 0.15) is 18.4 Å². The van der Waals surface area contributed by atoms with Gasteiger partial charge in [-0.25, -0.2) is 0 Å². The van der Waals surface area contributed by atoms with Crippen molar-refractivity contribution in [1.82, 2.24) is 0 Å². The number of hydrogen-bond donors (Lipinski definition) is 0. The highest BCUT2D eigenvalue weighted by atomic mass is 32.2. The molecule has 2 aromatic carbocycles. The Kier molecular flexibility index (Phi) is 5.71. The first-order chi connectivity index (χ1) is 11.0. The molecule has 0 heterocycles. The van der Waals surface area contributed by atoms with E-state index in [4.69, 9.17) is 4.18 Å². The molecule has 2 rings (SSSR count). The minimum absolute atomic E-state index is 0.116. The lowest BCUT2D eigenvalue weighted by atomic mass is 10.1. The maximum Gasteiger partial charge on any atom is 0.342 e. The van der Waals surface area contributed by atoms with Gasteiger partial charge in [0, 0.05) is 6.42 Å². The molecular formula is C18H18O4S. The van der Waals surface area contributed by atoms with Gasteiger partial charge >= 0.3 is 10.1 Å². The Morgan fingerprint density at radius 1 is 0.957 bits per heavy atom. The van der Waals surface area contributed by atoms with Gasteiger partial charge in [0.05, 0.1) is 0 Å². The molecule has 2 aromatic rings. The summed E-state index contributed by atoms with van der Waals surface area (Å²) >= 11 is 0. The second-order valence-corrected chi connectivity index (χ2v) is 6.60. The van der Waals surface area contributed by atoms with Gasteiger partial charge in [-0.05, 0) is 30.5 Å². The topological polar surface area (TPSA) is 60.4 Å². The molecule has 5 heteroatoms. The Hall–Kier alpha value is -2.40. The number of carbonyl (C=O) groups excluding carboxylic acids is 1. The SMILES string of the molecule is C=C(C(=O)CCCc1ccccc1)S(=O)(=O)Oc1ccccc1. The average molecular weight is 330 g/mol. The Bertz CT molecular complexity index is 765. The Morgan fingerprint density at radius 2 is 1.52 bits per heavy atom. The van der Waals surface area contributed by atoms with Crippen molar-refractivity contribution in [2.75, 3.05) is 0 Å². The molecule has 0 atom stereocenters. The van der Waals surface area contributed by atoms with E-state index in [1.165, 1.54) is 12.1 Å². The minimum Gasteiger partial charge on any atom is -0.379 e. The second-order valence-electron chi connectivity index (χ2n) is 5.04. The van der Waals surface area contributed by atoms with Crippen LogP contribution in [0, 0.1) is 0 Å². The summed E-state index contributed by atoms with van der Waals surface area (Å²) in [5, 5.41) is 0. The Labute approximate surface area is 136 Å². The third kappa shape index (κ3) is 5.07. The van der Waals surface area contributed by atoms with Crippen molar-refractivity contribution in [2.24, 2.45) is 0 Å². The molecule has 0 fully saturated rings. The molecule has 0 saturated carbocycles. The number of ketones is 1. The molecule has 0 spiro atoms. The molecule has 0 aliphatic heterocycles. The van der Waals surface area contributed by atoms with Gasteiger partial charge < -0.3 is 4.18 Å². The third-order valence-corrected chi connectivity index (χ3v) is 4.52. The average Bonchev–Trinajstić information content (AvgIpc) is 2.55. The summed E-state index contributed by atoms with van der Waals surface area (Å²) in [5.41, 5.74) is 1.11. The predicted octanol–water partition coefficient (Wildman–Crippen LogP) is 3.50. The van der Waals surface area contributed by atoms with Crippen molar-refractivity contribution in [3.05, 3.63) is 77.7 Å². The van der Waals surface area contributed by atoms with Crippen LogP contribution < -0.4 is 4.18 Å². The van der Waals surface area contributed by atoms with E-state index in [1.807, 2.05) is 30.3 Å². The van der Waals surface area contributed by atoms with Crippen molar-refractivity contribution < 1.29 is 17.4 Å². The number of aryl methyl sites for hydroxylation is 1. The van der Waals surface area contributed by atoms with Crippen molar-refractivity contribution >= 4 is 15.9 Å². The first kappa shape index (κ1) is 17.0. The molecule has 0 unspecified atom stereocenters. The Balaban J connectivity index is 1.89. The summed E-state index contributed by atoms with van der Waals surface area (Å²) in [4.78, 5) is 11.5. The molecule has 0 aliphatic carbocycles. The van der Waals surface area contributed by atoms with Crippen LogP contribution in [0.15, 0.2) is 72.1 Å². The van der Waals surface area contributed by atoms with E-state index in [1.54, 1.807) is 18.2 Å². The van der Waals surface area contributed by atoms with Crippen LogP contribution in [-0.4, -0.2) is 14.2 Å². The van der Waals surface area contributed by atoms with Crippen LogP contribution in [0.3, 0.4) is 0 Å². The molecule has 0 bridgehead atoms. The fourth-order valence-electron chi connectivity index (χ4n) is 2.03. The second kappa shape index (κ2) is 7.74. The number of allylic oxidation sites excluding steroid dienone is 1. The smallest absolute Gasteiger partial charge is 0.342 e. The van der Waals surface area contributed by atoms with E-state index < -0.39 is 20.8 Å². The van der Waals surface area contributed by atoms with Crippen molar-refractivity contribution in [2.45, 2.75) is 19.3 Å². The lowest BCUT2D eigenvalue weighted by Gasteiger charge is -2.08. The van der Waals surface area contributed by atoms with Crippen molar-refractivity contribution in [3.8, 4) is 5.75 Å². The van der Waals surface area contributed by atoms with Gasteiger partial charge in [-0.15, -0.1) is 0 Å². The van der Waals surface area contributed by atoms with E-state index in [2.05, 4.69) is 6.58 Å². The molecule has 0 radical (unpaired) electrons. The first-order valence-electron chi connectivity index (χ1n) is 7.24. The van der Waals surface area contributed by atoms with Crippen LogP contribution in [0.25, 0.3) is 0 Å². The van der Waals surface area contributed by atoms with Gasteiger partial charge in [-0.3, -0.25) is 4.79 Å². The van der Waals surface area contributed by atoms with Gasteiger partial charge in [-0.2, -0.15) is 8.42 Å². The van der Waals surface area contributed by atoms with E-state index >= 15 is 0 Å². The summed E-state index contributed by atoms with van der Waals surface area (Å²) in [6, 6.07) is 17.7. The largest absolute Gasteiger partial charge is 0.379 e. The summed E-state index contributed by atoms with van der Waals surface area (Å²) in [5.74, 6) is -0.359. The molecule has 4 nitrogen and oxygen atoms in total. The number of rotatable bonds is 8. The van der Waals surface area contributed by atoms with Crippen molar-refractivity contribution in [3.63, 3.8) is 0 Å². The molecule has 0 amide bonds. The van der Waals surface area contributed by atoms with Gasteiger partial charge in [-0.1, -0.05) is 55.1 Å². The normalized spacial score (nSPS) is 11.0. The summed E-state index contributed by atoms with van der Waals surface area (Å²) in [7, 11) is -4.15. The van der Waals surface area contributed by atoms with Crippen molar-refractivity contribution in [1.29, 1.82) is 0 Å². The van der Waals surface area contributed by atoms with Crippen LogP contribution in [0.2, 0.25) is 0 Å². The fourth-order valence-corrected chi connectivity index (χ4v) is 2.88. The Morgan fingerprint density at radius 3 is 2.13 bits per heavy atom.